The number of hydrogen-bond acceptors (Lipinski definition) is 4. The van der Waals surface area contributed by atoms with Gasteiger partial charge in [-0.25, -0.2) is 0 Å². The Morgan fingerprint density at radius 2 is 2.50 bits per heavy atom. The third kappa shape index (κ3) is 1.43. The van der Waals surface area contributed by atoms with Gasteiger partial charge in [0.1, 0.15) is 11.8 Å². The number of rotatable bonds is 2. The summed E-state index contributed by atoms with van der Waals surface area (Å²) >= 11 is 0. The molecule has 0 bridgehead atoms. The minimum Gasteiger partial charge on any atom is -0.469 e. The lowest BCUT2D eigenvalue weighted by atomic mass is 9.79. The molecular formula is C9H15N3O2. The molecule has 0 unspecified atom stereocenters. The van der Waals surface area contributed by atoms with Crippen molar-refractivity contribution >= 4 is 5.69 Å². The zero-order valence-electron chi connectivity index (χ0n) is 8.40. The number of nitrogens with zero attached hydrogens (tertiary/aromatic N) is 2. The summed E-state index contributed by atoms with van der Waals surface area (Å²) in [6.07, 6.45) is 3.12. The van der Waals surface area contributed by atoms with Gasteiger partial charge < -0.3 is 15.6 Å². The van der Waals surface area contributed by atoms with Crippen LogP contribution in [0.3, 0.4) is 0 Å². The fraction of sp³-hybridized carbons (Fsp3) is 0.667. The lowest BCUT2D eigenvalue weighted by Crippen LogP contribution is -2.52. The summed E-state index contributed by atoms with van der Waals surface area (Å²) in [6, 6.07) is 0. The number of aromatic nitrogens is 2. The van der Waals surface area contributed by atoms with Crippen molar-refractivity contribution in [2.24, 2.45) is 7.05 Å². The molecule has 2 atom stereocenters. The first kappa shape index (κ1) is 9.33. The Labute approximate surface area is 82.5 Å². The summed E-state index contributed by atoms with van der Waals surface area (Å²) in [5, 5.41) is 13.8. The van der Waals surface area contributed by atoms with Gasteiger partial charge in [-0.05, 0) is 19.8 Å². The van der Waals surface area contributed by atoms with Crippen molar-refractivity contribution in [3.8, 4) is 5.88 Å². The van der Waals surface area contributed by atoms with Gasteiger partial charge in [-0.3, -0.25) is 4.68 Å². The molecule has 0 aliphatic heterocycles. The predicted molar refractivity (Wildman–Crippen MR) is 51.9 cm³/mol. The van der Waals surface area contributed by atoms with E-state index in [-0.39, 0.29) is 6.10 Å². The van der Waals surface area contributed by atoms with Crippen molar-refractivity contribution < 1.29 is 9.84 Å². The van der Waals surface area contributed by atoms with Gasteiger partial charge in [-0.2, -0.15) is 0 Å². The molecule has 5 nitrogen and oxygen atoms in total. The molecule has 1 aliphatic carbocycles. The molecule has 0 saturated heterocycles. The molecule has 1 aromatic heterocycles. The molecule has 78 valence electrons. The first-order valence-corrected chi connectivity index (χ1v) is 4.67. The highest BCUT2D eigenvalue weighted by Gasteiger charge is 2.43. The van der Waals surface area contributed by atoms with E-state index in [0.717, 1.165) is 12.8 Å². The van der Waals surface area contributed by atoms with Crippen molar-refractivity contribution in [1.82, 2.24) is 9.78 Å². The second-order valence-electron chi connectivity index (χ2n) is 4.07. The van der Waals surface area contributed by atoms with Crippen molar-refractivity contribution in [3.05, 3.63) is 6.20 Å². The Morgan fingerprint density at radius 3 is 2.86 bits per heavy atom. The molecule has 0 amide bonds. The highest BCUT2D eigenvalue weighted by atomic mass is 16.5. The number of anilines is 1. The molecular weight excluding hydrogens is 182 g/mol. The molecule has 1 saturated carbocycles. The number of ether oxygens (including phenoxy) is 1. The van der Waals surface area contributed by atoms with E-state index in [2.05, 4.69) is 5.10 Å². The van der Waals surface area contributed by atoms with Crippen molar-refractivity contribution in [3.63, 3.8) is 0 Å². The molecule has 0 spiro atoms. The largest absolute Gasteiger partial charge is 0.469 e. The van der Waals surface area contributed by atoms with E-state index in [1.54, 1.807) is 24.9 Å². The van der Waals surface area contributed by atoms with Crippen LogP contribution in [-0.4, -0.2) is 26.6 Å². The molecule has 1 heterocycles. The second kappa shape index (κ2) is 2.88. The molecule has 0 aromatic carbocycles. The van der Waals surface area contributed by atoms with E-state index in [9.17, 15) is 5.11 Å². The number of aryl methyl sites for hydroxylation is 1. The van der Waals surface area contributed by atoms with E-state index >= 15 is 0 Å². The second-order valence-corrected chi connectivity index (χ2v) is 4.07. The van der Waals surface area contributed by atoms with E-state index in [4.69, 9.17) is 10.5 Å². The van der Waals surface area contributed by atoms with Gasteiger partial charge in [-0.15, -0.1) is 5.10 Å². The molecule has 0 radical (unpaired) electrons. The number of aliphatic hydroxyl groups is 1. The SMILES string of the molecule is Cn1cc(N)c(O[C@@H]2CC[C@@]2(C)O)n1. The third-order valence-corrected chi connectivity index (χ3v) is 2.68. The zero-order chi connectivity index (χ0) is 10.3. The average Bonchev–Trinajstić information content (AvgIpc) is 2.39. The maximum Gasteiger partial charge on any atom is 0.256 e. The fourth-order valence-corrected chi connectivity index (χ4v) is 1.58. The van der Waals surface area contributed by atoms with Gasteiger partial charge in [0.25, 0.3) is 5.88 Å². The van der Waals surface area contributed by atoms with Crippen LogP contribution in [0, 0.1) is 0 Å². The molecule has 2 rings (SSSR count). The minimum atomic E-state index is -0.732. The quantitative estimate of drug-likeness (QED) is 0.715. The zero-order valence-corrected chi connectivity index (χ0v) is 8.40. The van der Waals surface area contributed by atoms with Crippen molar-refractivity contribution in [1.29, 1.82) is 0 Å². The van der Waals surface area contributed by atoms with E-state index < -0.39 is 5.60 Å². The van der Waals surface area contributed by atoms with Crippen molar-refractivity contribution in [2.75, 3.05) is 5.73 Å². The fourth-order valence-electron chi connectivity index (χ4n) is 1.58. The van der Waals surface area contributed by atoms with Crippen LogP contribution in [0.15, 0.2) is 6.20 Å². The number of nitrogens with two attached hydrogens (primary N) is 1. The normalized spacial score (nSPS) is 31.2. The number of nitrogen functional groups attached to an aromatic ring is 1. The number of hydrogen-bond donors (Lipinski definition) is 2. The van der Waals surface area contributed by atoms with Gasteiger partial charge in [-0.1, -0.05) is 0 Å². The first-order valence-electron chi connectivity index (χ1n) is 4.67. The standard InChI is InChI=1S/C9H15N3O2/c1-9(13)4-3-7(9)14-8-6(10)5-12(2)11-8/h5,7,13H,3-4,10H2,1-2H3/t7-,9-/m1/s1. The maximum atomic E-state index is 9.73. The summed E-state index contributed by atoms with van der Waals surface area (Å²) in [5.74, 6) is 0.414. The van der Waals surface area contributed by atoms with Crippen LogP contribution in [0.25, 0.3) is 0 Å². The third-order valence-electron chi connectivity index (χ3n) is 2.68. The summed E-state index contributed by atoms with van der Waals surface area (Å²) in [4.78, 5) is 0. The smallest absolute Gasteiger partial charge is 0.256 e. The minimum absolute atomic E-state index is 0.181. The van der Waals surface area contributed by atoms with Crippen LogP contribution in [0.5, 0.6) is 5.88 Å². The molecule has 1 aliphatic rings. The molecule has 1 fully saturated rings. The summed E-state index contributed by atoms with van der Waals surface area (Å²) in [7, 11) is 1.78. The first-order chi connectivity index (χ1) is 6.49. The van der Waals surface area contributed by atoms with Gasteiger partial charge >= 0.3 is 0 Å². The summed E-state index contributed by atoms with van der Waals surface area (Å²) in [6.45, 7) is 1.76. The van der Waals surface area contributed by atoms with Gasteiger partial charge in [0.2, 0.25) is 0 Å². The Balaban J connectivity index is 2.08. The Kier molecular flexibility index (Phi) is 1.92. The van der Waals surface area contributed by atoms with Crippen molar-refractivity contribution in [2.45, 2.75) is 31.5 Å². The maximum absolute atomic E-state index is 9.73. The van der Waals surface area contributed by atoms with Crippen LogP contribution in [0.1, 0.15) is 19.8 Å². The van der Waals surface area contributed by atoms with Gasteiger partial charge in [0.05, 0.1) is 11.8 Å². The Morgan fingerprint density at radius 1 is 1.79 bits per heavy atom. The highest BCUT2D eigenvalue weighted by molar-refractivity contribution is 5.46. The van der Waals surface area contributed by atoms with Crippen LogP contribution in [0.2, 0.25) is 0 Å². The predicted octanol–water partition coefficient (Wildman–Crippen LogP) is 0.294. The highest BCUT2D eigenvalue weighted by Crippen LogP contribution is 2.35. The van der Waals surface area contributed by atoms with Crippen LogP contribution in [-0.2, 0) is 7.05 Å². The van der Waals surface area contributed by atoms with Crippen LogP contribution >= 0.6 is 0 Å². The lowest BCUT2D eigenvalue weighted by molar-refractivity contribution is -0.119. The molecule has 1 aromatic rings. The van der Waals surface area contributed by atoms with E-state index in [0.29, 0.717) is 11.6 Å². The van der Waals surface area contributed by atoms with Gasteiger partial charge in [0, 0.05) is 7.05 Å². The Hall–Kier alpha value is -1.23. The average molecular weight is 197 g/mol. The molecule has 14 heavy (non-hydrogen) atoms. The summed E-state index contributed by atoms with van der Waals surface area (Å²) in [5.41, 5.74) is 5.44. The molecule has 3 N–H and O–H groups in total. The van der Waals surface area contributed by atoms with Crippen LogP contribution in [0.4, 0.5) is 5.69 Å². The summed E-state index contributed by atoms with van der Waals surface area (Å²) < 4.78 is 7.11. The van der Waals surface area contributed by atoms with Gasteiger partial charge in [0.15, 0.2) is 0 Å². The van der Waals surface area contributed by atoms with E-state index in [1.165, 1.54) is 0 Å². The lowest BCUT2D eigenvalue weighted by Gasteiger charge is -2.41. The topological polar surface area (TPSA) is 73.3 Å². The van der Waals surface area contributed by atoms with Crippen LogP contribution < -0.4 is 10.5 Å². The van der Waals surface area contributed by atoms with E-state index in [1.807, 2.05) is 0 Å². The molecule has 5 heteroatoms. The Bertz CT molecular complexity index is 346. The monoisotopic (exact) mass is 197 g/mol.